The zero-order chi connectivity index (χ0) is 12.8. The molecule has 0 aliphatic heterocycles. The Balaban J connectivity index is 2.63. The van der Waals surface area contributed by atoms with Gasteiger partial charge in [0.1, 0.15) is 5.75 Å². The van der Waals surface area contributed by atoms with Crippen LogP contribution in [0.4, 0.5) is 0 Å². The van der Waals surface area contributed by atoms with Gasteiger partial charge in [-0.25, -0.2) is 0 Å². The topological polar surface area (TPSA) is 21.3 Å². The Morgan fingerprint density at radius 3 is 2.53 bits per heavy atom. The van der Waals surface area contributed by atoms with Gasteiger partial charge in [-0.15, -0.1) is 0 Å². The fourth-order valence-electron chi connectivity index (χ4n) is 1.93. The fourth-order valence-corrected chi connectivity index (χ4v) is 2.18. The Kier molecular flexibility index (Phi) is 5.79. The van der Waals surface area contributed by atoms with E-state index in [9.17, 15) is 0 Å². The summed E-state index contributed by atoms with van der Waals surface area (Å²) in [5.74, 6) is 0.766. The highest BCUT2D eigenvalue weighted by Crippen LogP contribution is 2.25. The summed E-state index contributed by atoms with van der Waals surface area (Å²) in [5.41, 5.74) is 1.24. The van der Waals surface area contributed by atoms with E-state index in [-0.39, 0.29) is 0 Å². The summed E-state index contributed by atoms with van der Waals surface area (Å²) in [5, 5.41) is 4.17. The highest BCUT2D eigenvalue weighted by molar-refractivity contribution is 6.32. The molecule has 0 radical (unpaired) electrons. The highest BCUT2D eigenvalue weighted by atomic mass is 35.5. The third kappa shape index (κ3) is 4.97. The van der Waals surface area contributed by atoms with Gasteiger partial charge in [-0.2, -0.15) is 0 Å². The molecule has 3 heteroatoms. The number of halogens is 1. The van der Waals surface area contributed by atoms with Crippen molar-refractivity contribution in [2.45, 2.75) is 46.2 Å². The van der Waals surface area contributed by atoms with Crippen molar-refractivity contribution in [2.24, 2.45) is 0 Å². The molecule has 1 N–H and O–H groups in total. The number of benzene rings is 1. The maximum Gasteiger partial charge on any atom is 0.137 e. The largest absolute Gasteiger partial charge is 0.492 e. The van der Waals surface area contributed by atoms with E-state index in [0.717, 1.165) is 12.2 Å². The molecule has 0 saturated carbocycles. The van der Waals surface area contributed by atoms with Crippen molar-refractivity contribution in [3.8, 4) is 5.75 Å². The van der Waals surface area contributed by atoms with Crippen LogP contribution in [0.5, 0.6) is 5.75 Å². The zero-order valence-electron chi connectivity index (χ0n) is 11.1. The van der Waals surface area contributed by atoms with Gasteiger partial charge in [-0.05, 0) is 38.0 Å². The van der Waals surface area contributed by atoms with Crippen LogP contribution in [0.15, 0.2) is 18.2 Å². The maximum atomic E-state index is 6.15. The van der Waals surface area contributed by atoms with Crippen molar-refractivity contribution in [3.05, 3.63) is 28.8 Å². The summed E-state index contributed by atoms with van der Waals surface area (Å²) >= 11 is 6.15. The van der Waals surface area contributed by atoms with Crippen molar-refractivity contribution < 1.29 is 4.74 Å². The van der Waals surface area contributed by atoms with Gasteiger partial charge in [0.05, 0.1) is 11.6 Å². The van der Waals surface area contributed by atoms with Gasteiger partial charge in [0.2, 0.25) is 0 Å². The van der Waals surface area contributed by atoms with E-state index in [1.807, 2.05) is 19.1 Å². The standard InChI is InChI=1S/C14H22ClNO/c1-5-17-14-7-6-12(9-13(14)15)8-11(4)16-10(2)3/h6-7,9-11,16H,5,8H2,1-4H3. The minimum Gasteiger partial charge on any atom is -0.492 e. The summed E-state index contributed by atoms with van der Waals surface area (Å²) in [4.78, 5) is 0. The summed E-state index contributed by atoms with van der Waals surface area (Å²) in [6, 6.07) is 6.97. The van der Waals surface area contributed by atoms with Crippen LogP contribution in [0.1, 0.15) is 33.3 Å². The van der Waals surface area contributed by atoms with E-state index in [0.29, 0.717) is 23.7 Å². The first-order valence-corrected chi connectivity index (χ1v) is 6.58. The molecule has 0 aromatic heterocycles. The summed E-state index contributed by atoms with van der Waals surface area (Å²) in [6.07, 6.45) is 0.976. The lowest BCUT2D eigenvalue weighted by Crippen LogP contribution is -2.33. The molecule has 1 aromatic carbocycles. The van der Waals surface area contributed by atoms with Gasteiger partial charge in [0, 0.05) is 12.1 Å². The number of rotatable bonds is 6. The number of nitrogens with one attached hydrogen (secondary N) is 1. The predicted molar refractivity (Wildman–Crippen MR) is 74.1 cm³/mol. The zero-order valence-corrected chi connectivity index (χ0v) is 11.8. The predicted octanol–water partition coefficient (Wildman–Crippen LogP) is 3.67. The van der Waals surface area contributed by atoms with Crippen molar-refractivity contribution in [1.82, 2.24) is 5.32 Å². The molecule has 0 aliphatic carbocycles. The van der Waals surface area contributed by atoms with Crippen LogP contribution in [-0.4, -0.2) is 18.7 Å². The van der Waals surface area contributed by atoms with Gasteiger partial charge in [-0.3, -0.25) is 0 Å². The van der Waals surface area contributed by atoms with Crippen molar-refractivity contribution >= 4 is 11.6 Å². The van der Waals surface area contributed by atoms with E-state index in [1.54, 1.807) is 0 Å². The van der Waals surface area contributed by atoms with E-state index < -0.39 is 0 Å². The first kappa shape index (κ1) is 14.3. The third-order valence-corrected chi connectivity index (χ3v) is 2.75. The lowest BCUT2D eigenvalue weighted by Gasteiger charge is -2.17. The van der Waals surface area contributed by atoms with Crippen LogP contribution in [0.25, 0.3) is 0 Å². The second-order valence-electron chi connectivity index (χ2n) is 4.62. The molecule has 96 valence electrons. The monoisotopic (exact) mass is 255 g/mol. The van der Waals surface area contributed by atoms with E-state index in [4.69, 9.17) is 16.3 Å². The summed E-state index contributed by atoms with van der Waals surface area (Å²) < 4.78 is 5.41. The Morgan fingerprint density at radius 2 is 2.00 bits per heavy atom. The van der Waals surface area contributed by atoms with Crippen LogP contribution in [-0.2, 0) is 6.42 Å². The lowest BCUT2D eigenvalue weighted by atomic mass is 10.1. The fraction of sp³-hybridized carbons (Fsp3) is 0.571. The summed E-state index contributed by atoms with van der Waals surface area (Å²) in [6.45, 7) is 9.09. The molecule has 1 rings (SSSR count). The molecule has 2 nitrogen and oxygen atoms in total. The number of hydrogen-bond acceptors (Lipinski definition) is 2. The normalized spacial score (nSPS) is 12.8. The molecule has 1 atom stereocenters. The van der Waals surface area contributed by atoms with Crippen LogP contribution in [0, 0.1) is 0 Å². The Morgan fingerprint density at radius 1 is 1.29 bits per heavy atom. The molecule has 0 heterocycles. The molecule has 0 amide bonds. The lowest BCUT2D eigenvalue weighted by molar-refractivity contribution is 0.340. The molecule has 1 unspecified atom stereocenters. The first-order chi connectivity index (χ1) is 8.02. The molecule has 17 heavy (non-hydrogen) atoms. The smallest absolute Gasteiger partial charge is 0.137 e. The average Bonchev–Trinajstić information content (AvgIpc) is 2.21. The van der Waals surface area contributed by atoms with Gasteiger partial charge in [0.25, 0.3) is 0 Å². The Bertz CT molecular complexity index is 352. The third-order valence-electron chi connectivity index (χ3n) is 2.46. The molecule has 0 spiro atoms. The molecular weight excluding hydrogens is 234 g/mol. The van der Waals surface area contributed by atoms with Gasteiger partial charge < -0.3 is 10.1 Å². The minimum absolute atomic E-state index is 0.448. The summed E-state index contributed by atoms with van der Waals surface area (Å²) in [7, 11) is 0. The molecule has 0 bridgehead atoms. The van der Waals surface area contributed by atoms with Crippen molar-refractivity contribution in [2.75, 3.05) is 6.61 Å². The SMILES string of the molecule is CCOc1ccc(CC(C)NC(C)C)cc1Cl. The second kappa shape index (κ2) is 6.87. The number of hydrogen-bond donors (Lipinski definition) is 1. The second-order valence-corrected chi connectivity index (χ2v) is 5.03. The Labute approximate surface area is 109 Å². The van der Waals surface area contributed by atoms with E-state index >= 15 is 0 Å². The van der Waals surface area contributed by atoms with Crippen molar-refractivity contribution in [1.29, 1.82) is 0 Å². The van der Waals surface area contributed by atoms with E-state index in [2.05, 4.69) is 32.2 Å². The molecule has 0 aliphatic rings. The van der Waals surface area contributed by atoms with Gasteiger partial charge >= 0.3 is 0 Å². The number of ether oxygens (including phenoxy) is 1. The average molecular weight is 256 g/mol. The molecular formula is C14H22ClNO. The van der Waals surface area contributed by atoms with Crippen LogP contribution in [0.2, 0.25) is 5.02 Å². The quantitative estimate of drug-likeness (QED) is 0.838. The minimum atomic E-state index is 0.448. The van der Waals surface area contributed by atoms with Crippen LogP contribution in [0.3, 0.4) is 0 Å². The van der Waals surface area contributed by atoms with Gasteiger partial charge in [-0.1, -0.05) is 31.5 Å². The molecule has 0 saturated heterocycles. The van der Waals surface area contributed by atoms with Crippen LogP contribution >= 0.6 is 11.6 Å². The van der Waals surface area contributed by atoms with Gasteiger partial charge in [0.15, 0.2) is 0 Å². The highest BCUT2D eigenvalue weighted by Gasteiger charge is 2.07. The molecule has 0 fully saturated rings. The Hall–Kier alpha value is -0.730. The van der Waals surface area contributed by atoms with Crippen molar-refractivity contribution in [3.63, 3.8) is 0 Å². The first-order valence-electron chi connectivity index (χ1n) is 6.20. The van der Waals surface area contributed by atoms with E-state index in [1.165, 1.54) is 5.56 Å². The van der Waals surface area contributed by atoms with Crippen LogP contribution < -0.4 is 10.1 Å². The maximum absolute atomic E-state index is 6.15. The molecule has 1 aromatic rings.